The van der Waals surface area contributed by atoms with Gasteiger partial charge in [-0.1, -0.05) is 0 Å². The van der Waals surface area contributed by atoms with Crippen LogP contribution in [0.2, 0.25) is 0 Å². The molecule has 0 fully saturated rings. The molecule has 0 saturated heterocycles. The maximum Gasteiger partial charge on any atom is 0.0527 e. The Balaban J connectivity index is 18.9. The van der Waals surface area contributed by atoms with Crippen molar-refractivity contribution in [2.45, 2.75) is 0 Å². The smallest absolute Gasteiger partial charge is 0.0527 e. The van der Waals surface area contributed by atoms with Crippen molar-refractivity contribution in [3.8, 4) is 0 Å². The summed E-state index contributed by atoms with van der Waals surface area (Å²) in [5.41, 5.74) is 0. The second kappa shape index (κ2) is 72.7. The minimum atomic E-state index is -4.82. The molecule has 0 aromatic rings. The van der Waals surface area contributed by atoms with Crippen molar-refractivity contribution in [3.05, 3.63) is 0 Å². The molecule has 0 saturated carbocycles. The van der Waals surface area contributed by atoms with Gasteiger partial charge in [0.05, 0.1) is 18.6 Å². The van der Waals surface area contributed by atoms with Crippen molar-refractivity contribution in [1.82, 2.24) is 0 Å². The topological polar surface area (TPSA) is 0 Å². The van der Waals surface area contributed by atoms with Gasteiger partial charge in [0.2, 0.25) is 0 Å². The molecule has 0 bridgehead atoms. The number of rotatable bonds is 72. The van der Waals surface area contributed by atoms with E-state index in [2.05, 4.69) is 0 Å². The van der Waals surface area contributed by atoms with Gasteiger partial charge in [-0.15, -0.1) is 0 Å². The van der Waals surface area contributed by atoms with Crippen LogP contribution in [0.1, 0.15) is 0 Å². The van der Waals surface area contributed by atoms with Crippen LogP contribution in [0.15, 0.2) is 0 Å². The average molecular weight is 1610 g/mol. The molecule has 1 atom stereocenters. The molecule has 0 aliphatic rings. The first-order valence-corrected chi connectivity index (χ1v) is 50.0. The fourth-order valence-corrected chi connectivity index (χ4v) is 32.2. The van der Waals surface area contributed by atoms with Crippen molar-refractivity contribution in [3.63, 3.8) is 0 Å². The van der Waals surface area contributed by atoms with E-state index in [1.165, 1.54) is 0 Å². The van der Waals surface area contributed by atoms with E-state index in [0.29, 0.717) is 0 Å². The first kappa shape index (κ1) is 157. The monoisotopic (exact) mass is 1640 g/mol. The molecule has 0 aliphatic heterocycles. The van der Waals surface area contributed by atoms with Gasteiger partial charge in [0.1, 0.15) is 0 Å². The fraction of sp³-hybridized carbons (Fsp3) is 0. The van der Waals surface area contributed by atoms with E-state index in [1.807, 2.05) is 0 Å². The Morgan fingerprint density at radius 2 is 0.143 bits per heavy atom. The second-order valence-corrected chi connectivity index (χ2v) is 44.1. The highest BCUT2D eigenvalue weighted by Gasteiger charge is 2.73. The molecule has 147 heteroatoms. The van der Waals surface area contributed by atoms with Crippen LogP contribution < -0.4 is 0 Å². The van der Waals surface area contributed by atoms with Gasteiger partial charge in [-0.2, -0.15) is 0 Å². The van der Waals surface area contributed by atoms with Gasteiger partial charge in [-0.05, 0) is 0 Å². The van der Waals surface area contributed by atoms with Gasteiger partial charge in [-0.25, -0.2) is 0 Å². The zero-order valence-corrected chi connectivity index (χ0v) is 85.6. The van der Waals surface area contributed by atoms with Crippen LogP contribution in [0.3, 0.4) is 0 Å². The van der Waals surface area contributed by atoms with Gasteiger partial charge < -0.3 is 0 Å². The molecule has 0 aromatic heterocycles. The molecule has 0 nitrogen and oxygen atoms in total. The maximum absolute atomic E-state index is 8.11. The SMILES string of the molecule is [B][B]B([B])B(B(B([B])[B])B([B])[B])B(B(B([B])[B])B([B])[B])B(B(B(B(B([B])[B])B([B])[B])B(B([B])[B])B([B])[B])B(B(B([B])[B])B([B])[B])B(B([B])[B])B([B])[B])P(B(B(B(B([B])[B])B([B])[B])B(B([B])[B])B([B])[B])B(B(B([B])[B])B([B])[B])B(B([B])[B])B([B])[B])B(B(B(B(B([B])[B])B([B])[B])B(B([B])[B])B([B])[B])B(B(B([B])[B])B([B])[B])B(B([B])[B])B([B])[B])B(B(B(B([B])[B])B([B])[B])B(B([B])[B])B([B])[B])B(B(B([B])[B])B([B])[B])B(B([B])[B])B([B])[B]. The summed E-state index contributed by atoms with van der Waals surface area (Å²) >= 11 is 0. The Bertz CT molecular complexity index is 2610. The van der Waals surface area contributed by atoms with Crippen LogP contribution in [0, 0.1) is 0 Å². The Hall–Kier alpha value is 9.91. The Morgan fingerprint density at radius 1 is 0.0816 bits per heavy atom. The van der Waals surface area contributed by atoms with Crippen molar-refractivity contribution in [1.29, 1.82) is 0 Å². The lowest BCUT2D eigenvalue weighted by atomic mass is 8.26. The molecule has 0 rings (SSSR count). The first-order valence-electron chi connectivity index (χ1n) is 48.4. The summed E-state index contributed by atoms with van der Waals surface area (Å²) in [6.45, 7) is 0. The largest absolute Gasteiger partial charge is 0.253 e. The van der Waals surface area contributed by atoms with E-state index in [4.69, 9.17) is 573 Å². The van der Waals surface area contributed by atoms with Crippen molar-refractivity contribution in [2.24, 2.45) is 0 Å². The summed E-state index contributed by atoms with van der Waals surface area (Å²) in [7, 11) is 559. The predicted molar refractivity (Wildman–Crippen MR) is 847 cm³/mol. The van der Waals surface area contributed by atoms with E-state index in [9.17, 15) is 0 Å². The second-order valence-electron chi connectivity index (χ2n) is 41.4. The van der Waals surface area contributed by atoms with E-state index in [-0.39, 0.29) is 0 Å². The van der Waals surface area contributed by atoms with E-state index in [0.717, 1.165) is 7.06 Å². The predicted octanol–water partition coefficient (Wildman–Crippen LogP) is -54.7. The van der Waals surface area contributed by atoms with Crippen LogP contribution >= 0.6 is 7.56 Å². The molecule has 147 heavy (non-hydrogen) atoms. The number of hydrogen-bond donors (Lipinski definition) is 0. The Morgan fingerprint density at radius 3 is 0.218 bits per heavy atom. The average Bonchev–Trinajstić information content (AvgIpc) is 0.693. The Labute approximate surface area is 1030 Å². The third-order valence-electron chi connectivity index (χ3n) is 31.2. The van der Waals surface area contributed by atoms with Gasteiger partial charge in [-0.3, -0.25) is 7.56 Å². The molecule has 0 N–H and O–H groups in total. The zero-order chi connectivity index (χ0) is 116. The summed E-state index contributed by atoms with van der Waals surface area (Å²) in [5, 5.41) is 0. The third-order valence-corrected chi connectivity index (χ3v) is 35.3. The standard InChI is InChI=1S/B146P/c1-75-112(74)131(113(76(2)3)77(4)5)140(130(110(70)71)111(72)73)145(141(132(114(78(6)7)79(8)9)115(80(10)11)81(12)13)133(116(82(14)15)83(16)17)117(84(18)19)85(20)21)147(144(138(126(102(54)55)103(56)57)127(104(58)59)105(60)61)139(128(106(62)63)107(64)65)129(108(66)67)109(68)69)146(142(134(118(86(22)23)87(24)25)119(88(26)27)89(28)29)135(120(90(30)31)91(32)33)121(92(34)35)93(36)37)143(136(122(94(38)39)95(40)41)123(96(42)43)97(44)45)137(124(98(46)47)99(48)49)125(100(50)51)101(52)53. The van der Waals surface area contributed by atoms with E-state index in [1.54, 1.807) is 0 Å². The molecule has 0 aromatic carbocycles. The summed E-state index contributed by atoms with van der Waals surface area (Å²) < 4.78 is 0. The van der Waals surface area contributed by atoms with Gasteiger partial charge in [0.15, 0.2) is 0 Å². The highest BCUT2D eigenvalue weighted by Crippen LogP contribution is 2.55. The summed E-state index contributed by atoms with van der Waals surface area (Å²) in [4.78, 5) is 0. The molecule has 0 heterocycles. The van der Waals surface area contributed by atoms with Gasteiger partial charge in [0.25, 0.3) is 0 Å². The highest BCUT2D eigenvalue weighted by molar-refractivity contribution is 8.66. The summed E-state index contributed by atoms with van der Waals surface area (Å²) in [5.74, 6) is 0. The van der Waals surface area contributed by atoms with Crippen molar-refractivity contribution < 1.29 is 0 Å². The molecule has 0 spiro atoms. The van der Waals surface area contributed by atoms with Crippen molar-refractivity contribution >= 4 is 1040 Å². The van der Waals surface area contributed by atoms with E-state index < -0.39 is 460 Å². The molecule has 443 valence electrons. The molecule has 0 aliphatic carbocycles. The lowest BCUT2D eigenvalue weighted by molar-refractivity contribution is 3.16. The van der Waals surface area contributed by atoms with E-state index >= 15 is 0 Å². The van der Waals surface area contributed by atoms with Crippen molar-refractivity contribution in [2.75, 3.05) is 0 Å². The minimum Gasteiger partial charge on any atom is -0.253 e. The first-order chi connectivity index (χ1) is 66.9. The summed E-state index contributed by atoms with van der Waals surface area (Å²) in [6.07, 6.45) is -165. The van der Waals surface area contributed by atoms with Crippen LogP contribution in [-0.4, -0.2) is 1030 Å². The highest BCUT2D eigenvalue weighted by atomic mass is 31.1. The van der Waals surface area contributed by atoms with Crippen LogP contribution in [-0.2, 0) is 0 Å². The van der Waals surface area contributed by atoms with Gasteiger partial charge >= 0.3 is 0 Å². The lowest BCUT2D eigenvalue weighted by Gasteiger charge is -2.67. The molecule has 149 radical (unpaired) electrons. The van der Waals surface area contributed by atoms with Gasteiger partial charge in [0, 0.05) is 1010 Å². The lowest BCUT2D eigenvalue weighted by Crippen LogP contribution is -2.98. The van der Waals surface area contributed by atoms with Crippen LogP contribution in [0.5, 0.6) is 0 Å². The number of hydrogen-bond acceptors (Lipinski definition) is 0. The molecule has 0 amide bonds. The summed E-state index contributed by atoms with van der Waals surface area (Å²) in [6, 6.07) is 0. The van der Waals surface area contributed by atoms with Crippen LogP contribution in [0.4, 0.5) is 0 Å². The Kier molecular flexibility index (Phi) is 77.6. The quantitative estimate of drug-likeness (QED) is 0.0421. The zero-order valence-electron chi connectivity index (χ0n) is 84.7. The third kappa shape index (κ3) is 42.2. The molecule has 1 unspecified atom stereocenters. The molecular formula is B146P. The normalized spacial score (nSPS) is 10.1. The van der Waals surface area contributed by atoms with Crippen LogP contribution in [0.25, 0.3) is 0 Å². The maximum atomic E-state index is 8.11. The molecular weight excluding hydrogens is 1610 g/mol. The minimum absolute atomic E-state index is 0.840. The fourth-order valence-electron chi connectivity index (χ4n) is 26.2.